The predicted molar refractivity (Wildman–Crippen MR) is 65.6 cm³/mol. The summed E-state index contributed by atoms with van der Waals surface area (Å²) in [4.78, 5) is 0. The molecule has 16 heavy (non-hydrogen) atoms. The van der Waals surface area contributed by atoms with Gasteiger partial charge in [0.25, 0.3) is 0 Å². The molecule has 4 heteroatoms. The van der Waals surface area contributed by atoms with Crippen molar-refractivity contribution in [3.05, 3.63) is 12.2 Å². The highest BCUT2D eigenvalue weighted by molar-refractivity contribution is 4.77. The van der Waals surface area contributed by atoms with Crippen molar-refractivity contribution in [1.29, 1.82) is 0 Å². The summed E-state index contributed by atoms with van der Waals surface area (Å²) in [5.41, 5.74) is 0. The molecule has 0 saturated heterocycles. The Morgan fingerprint density at radius 2 is 2.06 bits per heavy atom. The molecule has 0 radical (unpaired) electrons. The molecule has 0 fully saturated rings. The van der Waals surface area contributed by atoms with Crippen molar-refractivity contribution < 1.29 is 14.6 Å². The van der Waals surface area contributed by atoms with Crippen molar-refractivity contribution in [2.24, 2.45) is 0 Å². The molecular weight excluding hydrogens is 206 g/mol. The highest BCUT2D eigenvalue weighted by Gasteiger charge is 2.02. The van der Waals surface area contributed by atoms with E-state index in [9.17, 15) is 5.11 Å². The van der Waals surface area contributed by atoms with Crippen molar-refractivity contribution in [1.82, 2.24) is 5.32 Å². The topological polar surface area (TPSA) is 50.7 Å². The normalized spacial score (nSPS) is 13.4. The molecule has 0 aliphatic carbocycles. The fourth-order valence-electron chi connectivity index (χ4n) is 1.16. The zero-order valence-electron chi connectivity index (χ0n) is 10.4. The van der Waals surface area contributed by atoms with E-state index >= 15 is 0 Å². The van der Waals surface area contributed by atoms with E-state index in [1.807, 2.05) is 19.9 Å². The van der Waals surface area contributed by atoms with Gasteiger partial charge < -0.3 is 19.9 Å². The van der Waals surface area contributed by atoms with Crippen LogP contribution in [0.2, 0.25) is 0 Å². The SMILES string of the molecule is C/C=C/CCNCC(O)COCCOCC. The van der Waals surface area contributed by atoms with E-state index in [0.717, 1.165) is 13.0 Å². The van der Waals surface area contributed by atoms with Crippen LogP contribution in [0, 0.1) is 0 Å². The van der Waals surface area contributed by atoms with Crippen molar-refractivity contribution in [3.63, 3.8) is 0 Å². The van der Waals surface area contributed by atoms with Crippen LogP contribution >= 0.6 is 0 Å². The second-order valence-electron chi connectivity index (χ2n) is 3.49. The fraction of sp³-hybridized carbons (Fsp3) is 0.833. The standard InChI is InChI=1S/C12H25NO3/c1-3-5-6-7-13-10-12(14)11-16-9-8-15-4-2/h3,5,12-14H,4,6-11H2,1-2H3/b5-3+. The highest BCUT2D eigenvalue weighted by atomic mass is 16.5. The van der Waals surface area contributed by atoms with Crippen molar-refractivity contribution in [3.8, 4) is 0 Å². The maximum atomic E-state index is 9.52. The minimum atomic E-state index is -0.438. The first kappa shape index (κ1) is 15.6. The van der Waals surface area contributed by atoms with Crippen molar-refractivity contribution >= 4 is 0 Å². The lowest BCUT2D eigenvalue weighted by Gasteiger charge is -2.11. The third-order valence-electron chi connectivity index (χ3n) is 1.99. The van der Waals surface area contributed by atoms with Crippen molar-refractivity contribution in [2.45, 2.75) is 26.4 Å². The van der Waals surface area contributed by atoms with Gasteiger partial charge in [0.1, 0.15) is 0 Å². The molecule has 0 bridgehead atoms. The molecule has 0 saturated carbocycles. The van der Waals surface area contributed by atoms with Gasteiger partial charge in [0.15, 0.2) is 0 Å². The molecule has 0 aliphatic heterocycles. The van der Waals surface area contributed by atoms with Gasteiger partial charge in [-0.2, -0.15) is 0 Å². The second-order valence-corrected chi connectivity index (χ2v) is 3.49. The Bertz CT molecular complexity index is 162. The molecule has 0 aromatic heterocycles. The molecule has 96 valence electrons. The molecule has 0 rings (SSSR count). The number of allylic oxidation sites excluding steroid dienone is 1. The van der Waals surface area contributed by atoms with Crippen LogP contribution < -0.4 is 5.32 Å². The van der Waals surface area contributed by atoms with E-state index < -0.39 is 6.10 Å². The van der Waals surface area contributed by atoms with Crippen LogP contribution in [0.25, 0.3) is 0 Å². The van der Waals surface area contributed by atoms with E-state index in [0.29, 0.717) is 33.0 Å². The summed E-state index contributed by atoms with van der Waals surface area (Å²) in [6.45, 7) is 7.63. The Labute approximate surface area is 98.6 Å². The average molecular weight is 231 g/mol. The lowest BCUT2D eigenvalue weighted by molar-refractivity contribution is 0.00661. The quantitative estimate of drug-likeness (QED) is 0.411. The zero-order valence-corrected chi connectivity index (χ0v) is 10.4. The van der Waals surface area contributed by atoms with Gasteiger partial charge in [0.2, 0.25) is 0 Å². The maximum absolute atomic E-state index is 9.52. The molecule has 0 aromatic rings. The lowest BCUT2D eigenvalue weighted by Crippen LogP contribution is -2.31. The van der Waals surface area contributed by atoms with Gasteiger partial charge >= 0.3 is 0 Å². The largest absolute Gasteiger partial charge is 0.389 e. The summed E-state index contributed by atoms with van der Waals surface area (Å²) in [5.74, 6) is 0. The minimum absolute atomic E-state index is 0.365. The summed E-state index contributed by atoms with van der Waals surface area (Å²) in [7, 11) is 0. The third kappa shape index (κ3) is 11.7. The zero-order chi connectivity index (χ0) is 12.1. The summed E-state index contributed by atoms with van der Waals surface area (Å²) >= 11 is 0. The van der Waals surface area contributed by atoms with Gasteiger partial charge in [-0.3, -0.25) is 0 Å². The Balaban J connectivity index is 3.14. The smallest absolute Gasteiger partial charge is 0.0897 e. The van der Waals surface area contributed by atoms with E-state index in [2.05, 4.69) is 11.4 Å². The summed E-state index contributed by atoms with van der Waals surface area (Å²) in [6.07, 6.45) is 4.67. The molecule has 0 aromatic carbocycles. The molecule has 0 spiro atoms. The van der Waals surface area contributed by atoms with Gasteiger partial charge in [-0.15, -0.1) is 0 Å². The molecule has 4 nitrogen and oxygen atoms in total. The number of ether oxygens (including phenoxy) is 2. The first-order valence-electron chi connectivity index (χ1n) is 5.96. The number of rotatable bonds is 11. The van der Waals surface area contributed by atoms with Crippen molar-refractivity contribution in [2.75, 3.05) is 39.5 Å². The number of aliphatic hydroxyl groups is 1. The number of nitrogens with one attached hydrogen (secondary N) is 1. The van der Waals surface area contributed by atoms with Crippen LogP contribution in [0.4, 0.5) is 0 Å². The third-order valence-corrected chi connectivity index (χ3v) is 1.99. The fourth-order valence-corrected chi connectivity index (χ4v) is 1.16. The number of hydrogen-bond donors (Lipinski definition) is 2. The minimum Gasteiger partial charge on any atom is -0.389 e. The summed E-state index contributed by atoms with van der Waals surface area (Å²) < 4.78 is 10.4. The van der Waals surface area contributed by atoms with Gasteiger partial charge in [-0.25, -0.2) is 0 Å². The summed E-state index contributed by atoms with van der Waals surface area (Å²) in [5, 5.41) is 12.7. The van der Waals surface area contributed by atoms with Crippen LogP contribution in [0.15, 0.2) is 12.2 Å². The molecule has 0 aliphatic rings. The van der Waals surface area contributed by atoms with Gasteiger partial charge in [0.05, 0.1) is 25.9 Å². The van der Waals surface area contributed by atoms with Crippen LogP contribution in [0.1, 0.15) is 20.3 Å². The average Bonchev–Trinajstić information content (AvgIpc) is 2.28. The monoisotopic (exact) mass is 231 g/mol. The first-order chi connectivity index (χ1) is 7.81. The lowest BCUT2D eigenvalue weighted by atomic mass is 10.3. The Morgan fingerprint density at radius 1 is 1.31 bits per heavy atom. The van der Waals surface area contributed by atoms with Gasteiger partial charge in [-0.05, 0) is 26.8 Å². The number of aliphatic hydroxyl groups excluding tert-OH is 1. The Morgan fingerprint density at radius 3 is 2.75 bits per heavy atom. The molecular formula is C12H25NO3. The number of hydrogen-bond acceptors (Lipinski definition) is 4. The summed E-state index contributed by atoms with van der Waals surface area (Å²) in [6, 6.07) is 0. The van der Waals surface area contributed by atoms with Gasteiger partial charge in [-0.1, -0.05) is 12.2 Å². The van der Waals surface area contributed by atoms with Crippen LogP contribution in [0.3, 0.4) is 0 Å². The molecule has 0 amide bonds. The van der Waals surface area contributed by atoms with E-state index in [4.69, 9.17) is 9.47 Å². The van der Waals surface area contributed by atoms with Gasteiger partial charge in [0, 0.05) is 13.2 Å². The van der Waals surface area contributed by atoms with E-state index in [1.54, 1.807) is 0 Å². The van der Waals surface area contributed by atoms with Crippen LogP contribution in [-0.2, 0) is 9.47 Å². The predicted octanol–water partition coefficient (Wildman–Crippen LogP) is 0.956. The Kier molecular flexibility index (Phi) is 12.3. The van der Waals surface area contributed by atoms with E-state index in [-0.39, 0.29) is 0 Å². The second kappa shape index (κ2) is 12.6. The van der Waals surface area contributed by atoms with Crippen LogP contribution in [0.5, 0.6) is 0 Å². The molecule has 1 atom stereocenters. The Hall–Kier alpha value is -0.420. The highest BCUT2D eigenvalue weighted by Crippen LogP contribution is 1.86. The van der Waals surface area contributed by atoms with E-state index in [1.165, 1.54) is 0 Å². The molecule has 0 heterocycles. The first-order valence-corrected chi connectivity index (χ1v) is 5.96. The molecule has 2 N–H and O–H groups in total. The van der Waals surface area contributed by atoms with Crippen LogP contribution in [-0.4, -0.2) is 50.7 Å². The maximum Gasteiger partial charge on any atom is 0.0897 e. The molecule has 1 unspecified atom stereocenters.